The largest absolute Gasteiger partial charge is 0.465 e. The summed E-state index contributed by atoms with van der Waals surface area (Å²) in [5.74, 6) is -0.402. The Bertz CT molecular complexity index is 634. The fraction of sp³-hybridized carbons (Fsp3) is 0.579. The molecule has 3 N–H and O–H groups in total. The highest BCUT2D eigenvalue weighted by Crippen LogP contribution is 2.22. The van der Waals surface area contributed by atoms with Crippen LogP contribution >= 0.6 is 0 Å². The quantitative estimate of drug-likeness (QED) is 0.697. The van der Waals surface area contributed by atoms with Crippen molar-refractivity contribution in [1.82, 2.24) is 10.6 Å². The Hall–Kier alpha value is -2.28. The fourth-order valence-corrected chi connectivity index (χ4v) is 2.78. The zero-order chi connectivity index (χ0) is 19.2. The van der Waals surface area contributed by atoms with Crippen molar-refractivity contribution >= 4 is 17.7 Å². The van der Waals surface area contributed by atoms with E-state index in [0.717, 1.165) is 37.2 Å². The number of anilines is 1. The van der Waals surface area contributed by atoms with Crippen LogP contribution in [0.3, 0.4) is 0 Å². The molecule has 0 bridgehead atoms. The van der Waals surface area contributed by atoms with E-state index in [4.69, 9.17) is 9.47 Å². The lowest BCUT2D eigenvalue weighted by Crippen LogP contribution is -2.35. The van der Waals surface area contributed by atoms with E-state index < -0.39 is 17.7 Å². The number of alkyl carbamates (subject to hydrolysis) is 1. The summed E-state index contributed by atoms with van der Waals surface area (Å²) in [7, 11) is 1.36. The van der Waals surface area contributed by atoms with Crippen LogP contribution in [0.15, 0.2) is 18.2 Å². The number of hydrogen-bond donors (Lipinski definition) is 3. The molecule has 1 aromatic carbocycles. The molecule has 0 aromatic heterocycles. The fourth-order valence-electron chi connectivity index (χ4n) is 2.78. The molecule has 2 rings (SSSR count). The molecule has 144 valence electrons. The van der Waals surface area contributed by atoms with Gasteiger partial charge in [-0.15, -0.1) is 0 Å². The maximum Gasteiger partial charge on any atom is 0.407 e. The van der Waals surface area contributed by atoms with E-state index in [2.05, 4.69) is 16.0 Å². The number of piperidine rings is 1. The molecule has 1 aliphatic heterocycles. The minimum absolute atomic E-state index is 0.270. The number of carbonyl (C=O) groups excluding carboxylic acids is 2. The van der Waals surface area contributed by atoms with Crippen molar-refractivity contribution < 1.29 is 19.1 Å². The van der Waals surface area contributed by atoms with Crippen molar-refractivity contribution in [1.29, 1.82) is 0 Å². The number of rotatable bonds is 5. The second-order valence-corrected chi connectivity index (χ2v) is 7.40. The third-order valence-corrected chi connectivity index (χ3v) is 4.02. The zero-order valence-electron chi connectivity index (χ0n) is 16.0. The van der Waals surface area contributed by atoms with E-state index in [1.807, 2.05) is 32.9 Å². The lowest BCUT2D eigenvalue weighted by Gasteiger charge is -2.25. The molecule has 0 aliphatic carbocycles. The molecule has 0 unspecified atom stereocenters. The predicted octanol–water partition coefficient (Wildman–Crippen LogP) is 2.66. The Balaban J connectivity index is 2.06. The predicted molar refractivity (Wildman–Crippen MR) is 100 cm³/mol. The minimum Gasteiger partial charge on any atom is -0.465 e. The normalized spacial score (nSPS) is 15.2. The Kier molecular flexibility index (Phi) is 6.85. The molecule has 26 heavy (non-hydrogen) atoms. The molecule has 1 heterocycles. The number of ether oxygens (including phenoxy) is 2. The van der Waals surface area contributed by atoms with Crippen LogP contribution < -0.4 is 16.0 Å². The van der Waals surface area contributed by atoms with E-state index in [9.17, 15) is 9.59 Å². The molecule has 0 saturated carbocycles. The third-order valence-electron chi connectivity index (χ3n) is 4.02. The van der Waals surface area contributed by atoms with Crippen molar-refractivity contribution in [2.45, 2.75) is 51.8 Å². The molecule has 7 nitrogen and oxygen atoms in total. The topological polar surface area (TPSA) is 88.7 Å². The monoisotopic (exact) mass is 363 g/mol. The van der Waals surface area contributed by atoms with Crippen LogP contribution in [0.4, 0.5) is 10.5 Å². The second kappa shape index (κ2) is 8.89. The van der Waals surface area contributed by atoms with Crippen LogP contribution in [-0.2, 0) is 16.0 Å². The molecule has 1 fully saturated rings. The van der Waals surface area contributed by atoms with Crippen LogP contribution in [-0.4, -0.2) is 43.9 Å². The number of methoxy groups -OCH3 is 1. The van der Waals surface area contributed by atoms with Crippen molar-refractivity contribution in [2.24, 2.45) is 0 Å². The van der Waals surface area contributed by atoms with Gasteiger partial charge in [0.25, 0.3) is 0 Å². The lowest BCUT2D eigenvalue weighted by molar-refractivity contribution is 0.0523. The summed E-state index contributed by atoms with van der Waals surface area (Å²) in [6.45, 7) is 7.62. The average Bonchev–Trinajstić information content (AvgIpc) is 2.59. The summed E-state index contributed by atoms with van der Waals surface area (Å²) in [4.78, 5) is 24.0. The zero-order valence-corrected chi connectivity index (χ0v) is 16.0. The Morgan fingerprint density at radius 3 is 2.54 bits per heavy atom. The summed E-state index contributed by atoms with van der Waals surface area (Å²) < 4.78 is 10.1. The number of hydrogen-bond acceptors (Lipinski definition) is 6. The summed E-state index contributed by atoms with van der Waals surface area (Å²) in [6.07, 6.45) is 1.51. The number of carbonyl (C=O) groups is 2. The van der Waals surface area contributed by atoms with Crippen LogP contribution in [0, 0.1) is 0 Å². The first-order valence-corrected chi connectivity index (χ1v) is 8.94. The molecule has 1 aromatic rings. The van der Waals surface area contributed by atoms with Gasteiger partial charge in [-0.1, -0.05) is 6.07 Å². The standard InChI is InChI=1S/C19H29N3O4/c1-19(2,3)26-18(24)21-12-13-5-6-16(15(11-13)17(23)25-4)22-14-7-9-20-10-8-14/h5-6,11,14,20,22H,7-10,12H2,1-4H3,(H,21,24). The Morgan fingerprint density at radius 2 is 1.92 bits per heavy atom. The van der Waals surface area contributed by atoms with Gasteiger partial charge in [-0.25, -0.2) is 9.59 Å². The van der Waals surface area contributed by atoms with Gasteiger partial charge in [-0.05, 0) is 64.4 Å². The molecule has 7 heteroatoms. The van der Waals surface area contributed by atoms with Gasteiger partial charge in [-0.3, -0.25) is 0 Å². The summed E-state index contributed by atoms with van der Waals surface area (Å²) >= 11 is 0. The van der Waals surface area contributed by atoms with Gasteiger partial charge >= 0.3 is 12.1 Å². The summed E-state index contributed by atoms with van der Waals surface area (Å²) in [5.41, 5.74) is 1.47. The van der Waals surface area contributed by atoms with E-state index in [0.29, 0.717) is 11.6 Å². The first-order chi connectivity index (χ1) is 12.3. The molecule has 1 saturated heterocycles. The molecular formula is C19H29N3O4. The highest BCUT2D eigenvalue weighted by atomic mass is 16.6. The number of amides is 1. The first kappa shape index (κ1) is 20.0. The van der Waals surface area contributed by atoms with Crippen LogP contribution in [0.5, 0.6) is 0 Å². The van der Waals surface area contributed by atoms with Gasteiger partial charge in [0.1, 0.15) is 5.60 Å². The van der Waals surface area contributed by atoms with E-state index in [1.54, 1.807) is 6.07 Å². The molecule has 0 spiro atoms. The molecule has 0 atom stereocenters. The smallest absolute Gasteiger partial charge is 0.407 e. The van der Waals surface area contributed by atoms with Gasteiger partial charge in [0.15, 0.2) is 0 Å². The SMILES string of the molecule is COC(=O)c1cc(CNC(=O)OC(C)(C)C)ccc1NC1CCNCC1. The van der Waals surface area contributed by atoms with Crippen molar-refractivity contribution in [3.05, 3.63) is 29.3 Å². The van der Waals surface area contributed by atoms with Crippen LogP contribution in [0.1, 0.15) is 49.5 Å². The molecule has 0 radical (unpaired) electrons. The van der Waals surface area contributed by atoms with E-state index >= 15 is 0 Å². The second-order valence-electron chi connectivity index (χ2n) is 7.40. The van der Waals surface area contributed by atoms with Crippen LogP contribution in [0.25, 0.3) is 0 Å². The number of benzene rings is 1. The van der Waals surface area contributed by atoms with Crippen molar-refractivity contribution in [3.63, 3.8) is 0 Å². The van der Waals surface area contributed by atoms with Gasteiger partial charge in [0.05, 0.1) is 12.7 Å². The number of esters is 1. The van der Waals surface area contributed by atoms with E-state index in [-0.39, 0.29) is 6.54 Å². The Morgan fingerprint density at radius 1 is 1.23 bits per heavy atom. The highest BCUT2D eigenvalue weighted by molar-refractivity contribution is 5.96. The van der Waals surface area contributed by atoms with Gasteiger partial charge < -0.3 is 25.4 Å². The summed E-state index contributed by atoms with van der Waals surface area (Å²) in [6, 6.07) is 5.81. The van der Waals surface area contributed by atoms with E-state index in [1.165, 1.54) is 7.11 Å². The van der Waals surface area contributed by atoms with Gasteiger partial charge in [0, 0.05) is 18.3 Å². The molecule has 1 aliphatic rings. The van der Waals surface area contributed by atoms with Gasteiger partial charge in [0.2, 0.25) is 0 Å². The lowest BCUT2D eigenvalue weighted by atomic mass is 10.0. The maximum absolute atomic E-state index is 12.2. The summed E-state index contributed by atoms with van der Waals surface area (Å²) in [5, 5.41) is 9.45. The van der Waals surface area contributed by atoms with Crippen molar-refractivity contribution in [3.8, 4) is 0 Å². The maximum atomic E-state index is 12.2. The average molecular weight is 363 g/mol. The minimum atomic E-state index is -0.552. The highest BCUT2D eigenvalue weighted by Gasteiger charge is 2.19. The molecular weight excluding hydrogens is 334 g/mol. The number of nitrogens with one attached hydrogen (secondary N) is 3. The van der Waals surface area contributed by atoms with Crippen molar-refractivity contribution in [2.75, 3.05) is 25.5 Å². The molecule has 1 amide bonds. The Labute approximate surface area is 154 Å². The third kappa shape index (κ3) is 6.22. The van der Waals surface area contributed by atoms with Gasteiger partial charge in [-0.2, -0.15) is 0 Å². The van der Waals surface area contributed by atoms with Crippen LogP contribution in [0.2, 0.25) is 0 Å². The first-order valence-electron chi connectivity index (χ1n) is 8.94.